The lowest BCUT2D eigenvalue weighted by Crippen LogP contribution is -2.26. The Morgan fingerprint density at radius 1 is 1.11 bits per heavy atom. The van der Waals surface area contributed by atoms with Crippen LogP contribution in [0.1, 0.15) is 27.2 Å². The topological polar surface area (TPSA) is 46.9 Å². The second-order valence-electron chi connectivity index (χ2n) is 6.10. The van der Waals surface area contributed by atoms with Crippen LogP contribution in [-0.2, 0) is 12.6 Å². The van der Waals surface area contributed by atoms with Gasteiger partial charge in [0.1, 0.15) is 0 Å². The van der Waals surface area contributed by atoms with Crippen LogP contribution in [0.25, 0.3) is 5.69 Å². The van der Waals surface area contributed by atoms with Crippen molar-refractivity contribution in [3.05, 3.63) is 83.2 Å². The van der Waals surface area contributed by atoms with Crippen LogP contribution in [0.4, 0.5) is 13.2 Å². The van der Waals surface area contributed by atoms with Gasteiger partial charge in [0, 0.05) is 6.54 Å². The highest BCUT2D eigenvalue weighted by atomic mass is 19.4. The molecule has 7 heteroatoms. The number of hydrogen-bond donors (Lipinski definition) is 1. The van der Waals surface area contributed by atoms with Crippen LogP contribution >= 0.6 is 0 Å². The van der Waals surface area contributed by atoms with Gasteiger partial charge in [-0.15, -0.1) is 0 Å². The first-order valence-corrected chi connectivity index (χ1v) is 8.40. The van der Waals surface area contributed by atoms with E-state index in [-0.39, 0.29) is 12.5 Å². The molecule has 4 nitrogen and oxygen atoms in total. The fourth-order valence-electron chi connectivity index (χ4n) is 2.78. The third-order valence-electron chi connectivity index (χ3n) is 4.21. The molecule has 0 unspecified atom stereocenters. The molecule has 27 heavy (non-hydrogen) atoms. The molecular formula is C20H18F3N3O. The molecule has 1 amide bonds. The zero-order chi connectivity index (χ0) is 19.4. The Morgan fingerprint density at radius 2 is 1.85 bits per heavy atom. The minimum atomic E-state index is -4.37. The lowest BCUT2D eigenvalue weighted by molar-refractivity contribution is -0.137. The Labute approximate surface area is 154 Å². The van der Waals surface area contributed by atoms with Crippen LogP contribution in [0.3, 0.4) is 0 Å². The average Bonchev–Trinajstić information content (AvgIpc) is 3.03. The van der Waals surface area contributed by atoms with Gasteiger partial charge in [0.05, 0.1) is 28.7 Å². The van der Waals surface area contributed by atoms with Crippen LogP contribution in [0.15, 0.2) is 60.8 Å². The molecule has 0 bridgehead atoms. The number of alkyl halides is 3. The number of nitrogens with zero attached hydrogens (tertiary/aromatic N) is 2. The fraction of sp³-hybridized carbons (Fsp3) is 0.200. The number of benzene rings is 2. The van der Waals surface area contributed by atoms with E-state index in [9.17, 15) is 18.0 Å². The number of amides is 1. The second-order valence-corrected chi connectivity index (χ2v) is 6.10. The molecule has 3 aromatic rings. The van der Waals surface area contributed by atoms with Crippen molar-refractivity contribution in [1.29, 1.82) is 0 Å². The van der Waals surface area contributed by atoms with Crippen molar-refractivity contribution < 1.29 is 18.0 Å². The number of aromatic nitrogens is 2. The molecule has 3 rings (SSSR count). The summed E-state index contributed by atoms with van der Waals surface area (Å²) >= 11 is 0. The van der Waals surface area contributed by atoms with E-state index in [4.69, 9.17) is 0 Å². The summed E-state index contributed by atoms with van der Waals surface area (Å²) in [6.07, 6.45) is -2.58. The summed E-state index contributed by atoms with van der Waals surface area (Å²) in [6, 6.07) is 14.5. The molecule has 0 atom stereocenters. The van der Waals surface area contributed by atoms with Gasteiger partial charge in [-0.05, 0) is 37.1 Å². The molecule has 0 saturated heterocycles. The number of carbonyl (C=O) groups excluding carboxylic acids is 1. The Bertz CT molecular complexity index is 933. The number of halogens is 3. The molecule has 0 saturated carbocycles. The standard InChI is InChI=1S/C20H18F3N3O/c1-14-18(13-25-26(14)17-8-3-2-4-9-17)19(27)24-11-10-15-6-5-7-16(12-15)20(21,22)23/h2-9,12-13H,10-11H2,1H3,(H,24,27). The molecule has 0 fully saturated rings. The molecule has 0 spiro atoms. The van der Waals surface area contributed by atoms with Crippen LogP contribution < -0.4 is 5.32 Å². The molecule has 140 valence electrons. The molecular weight excluding hydrogens is 355 g/mol. The van der Waals surface area contributed by atoms with Gasteiger partial charge in [0.2, 0.25) is 0 Å². The van der Waals surface area contributed by atoms with E-state index in [1.165, 1.54) is 12.3 Å². The van der Waals surface area contributed by atoms with Gasteiger partial charge in [-0.25, -0.2) is 4.68 Å². The fourth-order valence-corrected chi connectivity index (χ4v) is 2.78. The minimum absolute atomic E-state index is 0.232. The first-order chi connectivity index (χ1) is 12.9. The van der Waals surface area contributed by atoms with E-state index >= 15 is 0 Å². The summed E-state index contributed by atoms with van der Waals surface area (Å²) in [5.74, 6) is -0.304. The van der Waals surface area contributed by atoms with E-state index in [1.54, 1.807) is 17.7 Å². The Kier molecular flexibility index (Phi) is 5.30. The van der Waals surface area contributed by atoms with Gasteiger partial charge >= 0.3 is 6.18 Å². The van der Waals surface area contributed by atoms with E-state index < -0.39 is 11.7 Å². The number of carbonyl (C=O) groups is 1. The largest absolute Gasteiger partial charge is 0.416 e. The van der Waals surface area contributed by atoms with E-state index in [0.717, 1.165) is 17.8 Å². The maximum absolute atomic E-state index is 12.7. The van der Waals surface area contributed by atoms with Crippen molar-refractivity contribution in [2.24, 2.45) is 0 Å². The highest BCUT2D eigenvalue weighted by Gasteiger charge is 2.30. The normalized spacial score (nSPS) is 11.4. The maximum atomic E-state index is 12.7. The molecule has 0 aliphatic rings. The summed E-state index contributed by atoms with van der Waals surface area (Å²) in [4.78, 5) is 12.4. The quantitative estimate of drug-likeness (QED) is 0.730. The SMILES string of the molecule is Cc1c(C(=O)NCCc2cccc(C(F)(F)F)c2)cnn1-c1ccccc1. The Morgan fingerprint density at radius 3 is 2.56 bits per heavy atom. The average molecular weight is 373 g/mol. The molecule has 1 N–H and O–H groups in total. The van der Waals surface area contributed by atoms with E-state index in [2.05, 4.69) is 10.4 Å². The van der Waals surface area contributed by atoms with Crippen molar-refractivity contribution in [1.82, 2.24) is 15.1 Å². The molecule has 1 heterocycles. The summed E-state index contributed by atoms with van der Waals surface area (Å²) in [5, 5.41) is 6.98. The van der Waals surface area contributed by atoms with E-state index in [0.29, 0.717) is 23.2 Å². The summed E-state index contributed by atoms with van der Waals surface area (Å²) in [5.41, 5.74) is 1.80. The van der Waals surface area contributed by atoms with Crippen molar-refractivity contribution in [3.63, 3.8) is 0 Å². The predicted molar refractivity (Wildman–Crippen MR) is 95.8 cm³/mol. The maximum Gasteiger partial charge on any atom is 0.416 e. The van der Waals surface area contributed by atoms with E-state index in [1.807, 2.05) is 30.3 Å². The number of para-hydroxylation sites is 1. The zero-order valence-electron chi connectivity index (χ0n) is 14.6. The molecule has 0 aliphatic carbocycles. The second kappa shape index (κ2) is 7.65. The minimum Gasteiger partial charge on any atom is -0.352 e. The van der Waals surface area contributed by atoms with Gasteiger partial charge < -0.3 is 5.32 Å². The third kappa shape index (κ3) is 4.36. The number of nitrogens with one attached hydrogen (secondary N) is 1. The van der Waals surface area contributed by atoms with Crippen LogP contribution in [0.5, 0.6) is 0 Å². The first kappa shape index (κ1) is 18.7. The number of rotatable bonds is 5. The predicted octanol–water partition coefficient (Wildman–Crippen LogP) is 4.17. The lowest BCUT2D eigenvalue weighted by atomic mass is 10.1. The van der Waals surface area contributed by atoms with Crippen molar-refractivity contribution in [2.75, 3.05) is 6.54 Å². The zero-order valence-corrected chi connectivity index (χ0v) is 14.6. The first-order valence-electron chi connectivity index (χ1n) is 8.40. The lowest BCUT2D eigenvalue weighted by Gasteiger charge is -2.09. The van der Waals surface area contributed by atoms with Gasteiger partial charge in [0.25, 0.3) is 5.91 Å². The molecule has 0 radical (unpaired) electrons. The smallest absolute Gasteiger partial charge is 0.352 e. The van der Waals surface area contributed by atoms with Crippen molar-refractivity contribution >= 4 is 5.91 Å². The Hall–Kier alpha value is -3.09. The summed E-state index contributed by atoms with van der Waals surface area (Å²) in [6.45, 7) is 2.03. The van der Waals surface area contributed by atoms with Crippen LogP contribution in [-0.4, -0.2) is 22.2 Å². The highest BCUT2D eigenvalue weighted by molar-refractivity contribution is 5.95. The molecule has 0 aliphatic heterocycles. The Balaban J connectivity index is 1.63. The van der Waals surface area contributed by atoms with Crippen molar-refractivity contribution in [2.45, 2.75) is 19.5 Å². The summed E-state index contributed by atoms with van der Waals surface area (Å²) < 4.78 is 39.9. The van der Waals surface area contributed by atoms with Gasteiger partial charge in [-0.3, -0.25) is 4.79 Å². The van der Waals surface area contributed by atoms with Gasteiger partial charge in [0.15, 0.2) is 0 Å². The molecule has 2 aromatic carbocycles. The molecule has 1 aromatic heterocycles. The monoisotopic (exact) mass is 373 g/mol. The van der Waals surface area contributed by atoms with Gasteiger partial charge in [-0.1, -0.05) is 36.4 Å². The third-order valence-corrected chi connectivity index (χ3v) is 4.21. The summed E-state index contributed by atoms with van der Waals surface area (Å²) in [7, 11) is 0. The van der Waals surface area contributed by atoms with Crippen molar-refractivity contribution in [3.8, 4) is 5.69 Å². The highest BCUT2D eigenvalue weighted by Crippen LogP contribution is 2.29. The van der Waals surface area contributed by atoms with Crippen LogP contribution in [0.2, 0.25) is 0 Å². The van der Waals surface area contributed by atoms with Crippen LogP contribution in [0, 0.1) is 6.92 Å². The van der Waals surface area contributed by atoms with Gasteiger partial charge in [-0.2, -0.15) is 18.3 Å². The number of hydrogen-bond acceptors (Lipinski definition) is 2.